The van der Waals surface area contributed by atoms with Crippen molar-refractivity contribution >= 4 is 34.6 Å². The summed E-state index contributed by atoms with van der Waals surface area (Å²) in [5.41, 5.74) is 1.38. The molecular formula is C16H19N3O2S. The number of thiophene rings is 1. The lowest BCUT2D eigenvalue weighted by molar-refractivity contribution is -0.118. The van der Waals surface area contributed by atoms with Gasteiger partial charge in [0.2, 0.25) is 5.91 Å². The van der Waals surface area contributed by atoms with Crippen molar-refractivity contribution in [3.8, 4) is 0 Å². The number of carbonyl (C=O) groups excluding carboxylic acids is 2. The van der Waals surface area contributed by atoms with Crippen LogP contribution in [0.4, 0.5) is 16.2 Å². The first-order valence-electron chi connectivity index (χ1n) is 7.03. The Bertz CT molecular complexity index is 621. The van der Waals surface area contributed by atoms with Gasteiger partial charge in [0.25, 0.3) is 0 Å². The third kappa shape index (κ3) is 4.89. The summed E-state index contributed by atoms with van der Waals surface area (Å²) in [4.78, 5) is 24.5. The van der Waals surface area contributed by atoms with E-state index in [1.165, 1.54) is 0 Å². The SMILES string of the molecule is CC(C)C(=O)Nc1ccc(NC(=O)NCc2cccs2)cc1. The van der Waals surface area contributed by atoms with Crippen LogP contribution in [0.1, 0.15) is 18.7 Å². The molecule has 5 nitrogen and oxygen atoms in total. The van der Waals surface area contributed by atoms with E-state index in [4.69, 9.17) is 0 Å². The summed E-state index contributed by atoms with van der Waals surface area (Å²) in [5.74, 6) is -0.102. The first-order chi connectivity index (χ1) is 10.5. The van der Waals surface area contributed by atoms with Crippen LogP contribution in [0, 0.1) is 5.92 Å². The van der Waals surface area contributed by atoms with E-state index < -0.39 is 0 Å². The average Bonchev–Trinajstić information content (AvgIpc) is 3.00. The van der Waals surface area contributed by atoms with E-state index in [-0.39, 0.29) is 17.9 Å². The number of hydrogen-bond acceptors (Lipinski definition) is 3. The maximum atomic E-state index is 11.8. The molecule has 2 aromatic rings. The summed E-state index contributed by atoms with van der Waals surface area (Å²) in [6, 6.07) is 10.7. The standard InChI is InChI=1S/C16H19N3O2S/c1-11(2)15(20)18-12-5-7-13(8-6-12)19-16(21)17-10-14-4-3-9-22-14/h3-9,11H,10H2,1-2H3,(H,18,20)(H2,17,19,21). The first kappa shape index (κ1) is 16.0. The summed E-state index contributed by atoms with van der Waals surface area (Å²) in [6.07, 6.45) is 0. The molecule has 0 saturated carbocycles. The van der Waals surface area contributed by atoms with Crippen molar-refractivity contribution in [2.24, 2.45) is 5.92 Å². The van der Waals surface area contributed by atoms with E-state index in [2.05, 4.69) is 16.0 Å². The van der Waals surface area contributed by atoms with Gasteiger partial charge in [-0.2, -0.15) is 0 Å². The summed E-state index contributed by atoms with van der Waals surface area (Å²) in [7, 11) is 0. The van der Waals surface area contributed by atoms with Crippen molar-refractivity contribution in [2.75, 3.05) is 10.6 Å². The lowest BCUT2D eigenvalue weighted by Crippen LogP contribution is -2.27. The molecule has 0 aliphatic heterocycles. The Morgan fingerprint density at radius 2 is 1.68 bits per heavy atom. The second-order valence-electron chi connectivity index (χ2n) is 5.11. The van der Waals surface area contributed by atoms with E-state index >= 15 is 0 Å². The number of anilines is 2. The van der Waals surface area contributed by atoms with Gasteiger partial charge in [-0.15, -0.1) is 11.3 Å². The Morgan fingerprint density at radius 3 is 2.23 bits per heavy atom. The van der Waals surface area contributed by atoms with Gasteiger partial charge < -0.3 is 16.0 Å². The molecule has 2 rings (SSSR count). The summed E-state index contributed by atoms with van der Waals surface area (Å²) >= 11 is 1.60. The zero-order valence-corrected chi connectivity index (χ0v) is 13.4. The minimum absolute atomic E-state index is 0.0330. The second kappa shape index (κ2) is 7.61. The summed E-state index contributed by atoms with van der Waals surface area (Å²) < 4.78 is 0. The second-order valence-corrected chi connectivity index (χ2v) is 6.14. The fourth-order valence-electron chi connectivity index (χ4n) is 1.68. The van der Waals surface area contributed by atoms with Crippen LogP contribution < -0.4 is 16.0 Å². The Labute approximate surface area is 133 Å². The highest BCUT2D eigenvalue weighted by Gasteiger charge is 2.07. The zero-order valence-electron chi connectivity index (χ0n) is 12.6. The molecule has 0 atom stereocenters. The fraction of sp³-hybridized carbons (Fsp3) is 0.250. The molecule has 0 bridgehead atoms. The maximum Gasteiger partial charge on any atom is 0.319 e. The number of amides is 3. The molecule has 1 heterocycles. The van der Waals surface area contributed by atoms with E-state index in [1.54, 1.807) is 35.6 Å². The van der Waals surface area contributed by atoms with Gasteiger partial charge in [-0.25, -0.2) is 4.79 Å². The van der Waals surface area contributed by atoms with Crippen molar-refractivity contribution in [1.29, 1.82) is 0 Å². The van der Waals surface area contributed by atoms with Gasteiger partial charge in [0.15, 0.2) is 0 Å². The fourth-order valence-corrected chi connectivity index (χ4v) is 2.32. The van der Waals surface area contributed by atoms with E-state index in [1.807, 2.05) is 31.4 Å². The predicted octanol–water partition coefficient (Wildman–Crippen LogP) is 3.66. The lowest BCUT2D eigenvalue weighted by Gasteiger charge is -2.10. The zero-order chi connectivity index (χ0) is 15.9. The van der Waals surface area contributed by atoms with E-state index in [9.17, 15) is 9.59 Å². The highest BCUT2D eigenvalue weighted by molar-refractivity contribution is 7.09. The number of hydrogen-bond donors (Lipinski definition) is 3. The van der Waals surface area contributed by atoms with Gasteiger partial charge in [-0.1, -0.05) is 19.9 Å². The third-order valence-corrected chi connectivity index (χ3v) is 3.81. The molecule has 0 aliphatic carbocycles. The van der Waals surface area contributed by atoms with Gasteiger partial charge in [0, 0.05) is 22.2 Å². The normalized spacial score (nSPS) is 10.3. The number of nitrogens with one attached hydrogen (secondary N) is 3. The molecule has 1 aromatic heterocycles. The topological polar surface area (TPSA) is 70.2 Å². The predicted molar refractivity (Wildman–Crippen MR) is 90.1 cm³/mol. The molecule has 0 aliphatic rings. The Balaban J connectivity index is 1.82. The Kier molecular flexibility index (Phi) is 5.55. The van der Waals surface area contributed by atoms with Crippen molar-refractivity contribution in [3.05, 3.63) is 46.7 Å². The van der Waals surface area contributed by atoms with Gasteiger partial charge in [-0.05, 0) is 35.7 Å². The first-order valence-corrected chi connectivity index (χ1v) is 7.90. The lowest BCUT2D eigenvalue weighted by atomic mass is 10.2. The van der Waals surface area contributed by atoms with Crippen LogP contribution in [0.5, 0.6) is 0 Å². The largest absolute Gasteiger partial charge is 0.333 e. The van der Waals surface area contributed by atoms with Gasteiger partial charge in [0.05, 0.1) is 6.54 Å². The molecule has 0 unspecified atom stereocenters. The molecule has 22 heavy (non-hydrogen) atoms. The average molecular weight is 317 g/mol. The van der Waals surface area contributed by atoms with Crippen molar-refractivity contribution in [1.82, 2.24) is 5.32 Å². The molecule has 3 amide bonds. The molecule has 0 saturated heterocycles. The molecule has 3 N–H and O–H groups in total. The van der Waals surface area contributed by atoms with Crippen molar-refractivity contribution in [2.45, 2.75) is 20.4 Å². The van der Waals surface area contributed by atoms with Crippen LogP contribution in [0.3, 0.4) is 0 Å². The monoisotopic (exact) mass is 317 g/mol. The van der Waals surface area contributed by atoms with Gasteiger partial charge in [-0.3, -0.25) is 4.79 Å². The highest BCUT2D eigenvalue weighted by atomic mass is 32.1. The molecule has 0 spiro atoms. The quantitative estimate of drug-likeness (QED) is 0.787. The van der Waals surface area contributed by atoms with Crippen molar-refractivity contribution in [3.63, 3.8) is 0 Å². The maximum absolute atomic E-state index is 11.8. The molecule has 6 heteroatoms. The van der Waals surface area contributed by atoms with E-state index in [0.29, 0.717) is 17.9 Å². The number of benzene rings is 1. The van der Waals surface area contributed by atoms with E-state index in [0.717, 1.165) is 4.88 Å². The molecule has 0 fully saturated rings. The van der Waals surface area contributed by atoms with Crippen LogP contribution in [-0.4, -0.2) is 11.9 Å². The molecular weight excluding hydrogens is 298 g/mol. The van der Waals surface area contributed by atoms with Gasteiger partial charge >= 0.3 is 6.03 Å². The Morgan fingerprint density at radius 1 is 1.05 bits per heavy atom. The number of rotatable bonds is 5. The van der Waals surface area contributed by atoms with Gasteiger partial charge in [0.1, 0.15) is 0 Å². The minimum atomic E-state index is -0.257. The van der Waals surface area contributed by atoms with Crippen LogP contribution >= 0.6 is 11.3 Å². The van der Waals surface area contributed by atoms with Crippen LogP contribution in [0.15, 0.2) is 41.8 Å². The Hall–Kier alpha value is -2.34. The summed E-state index contributed by atoms with van der Waals surface area (Å²) in [5, 5.41) is 10.3. The molecule has 0 radical (unpaired) electrons. The third-order valence-electron chi connectivity index (χ3n) is 2.94. The van der Waals surface area contributed by atoms with Crippen LogP contribution in [0.2, 0.25) is 0 Å². The highest BCUT2D eigenvalue weighted by Crippen LogP contribution is 2.14. The summed E-state index contributed by atoms with van der Waals surface area (Å²) in [6.45, 7) is 4.18. The van der Waals surface area contributed by atoms with Crippen LogP contribution in [0.25, 0.3) is 0 Å². The number of carbonyl (C=O) groups is 2. The molecule has 116 valence electrons. The minimum Gasteiger partial charge on any atom is -0.333 e. The molecule has 1 aromatic carbocycles. The van der Waals surface area contributed by atoms with Crippen molar-refractivity contribution < 1.29 is 9.59 Å². The van der Waals surface area contributed by atoms with Crippen LogP contribution in [-0.2, 0) is 11.3 Å². The number of urea groups is 1. The smallest absolute Gasteiger partial charge is 0.319 e.